The maximum Gasteiger partial charge on any atom is 0.237 e. The van der Waals surface area contributed by atoms with Crippen LogP contribution in [0.15, 0.2) is 24.3 Å². The molecule has 0 unspecified atom stereocenters. The van der Waals surface area contributed by atoms with E-state index in [0.29, 0.717) is 23.1 Å². The number of fused-ring (bicyclic) bond motifs is 5. The van der Waals surface area contributed by atoms with Crippen molar-refractivity contribution in [1.82, 2.24) is 0 Å². The predicted molar refractivity (Wildman–Crippen MR) is 76.8 cm³/mol. The molecule has 2 bridgehead atoms. The zero-order valence-corrected chi connectivity index (χ0v) is 11.9. The lowest BCUT2D eigenvalue weighted by molar-refractivity contribution is -0.123. The Bertz CT molecular complexity index is 621. The second kappa shape index (κ2) is 4.26. The normalized spacial score (nSPS) is 33.7. The van der Waals surface area contributed by atoms with Crippen molar-refractivity contribution in [3.63, 3.8) is 0 Å². The van der Waals surface area contributed by atoms with Crippen LogP contribution in [0.2, 0.25) is 0 Å². The average molecular weight is 283 g/mol. The quantitative estimate of drug-likeness (QED) is 0.618. The van der Waals surface area contributed by atoms with E-state index in [-0.39, 0.29) is 29.4 Å². The summed E-state index contributed by atoms with van der Waals surface area (Å²) < 4.78 is 0. The molecule has 0 spiro atoms. The van der Waals surface area contributed by atoms with Gasteiger partial charge in [-0.3, -0.25) is 19.3 Å². The van der Waals surface area contributed by atoms with E-state index in [0.717, 1.165) is 19.3 Å². The van der Waals surface area contributed by atoms with Crippen molar-refractivity contribution in [3.05, 3.63) is 29.8 Å². The first-order valence-electron chi connectivity index (χ1n) is 7.56. The molecule has 1 aliphatic heterocycles. The van der Waals surface area contributed by atoms with Crippen molar-refractivity contribution in [2.24, 2.45) is 23.7 Å². The number of ketones is 1. The van der Waals surface area contributed by atoms with Crippen molar-refractivity contribution in [2.75, 3.05) is 4.90 Å². The third kappa shape index (κ3) is 1.65. The van der Waals surface area contributed by atoms with E-state index >= 15 is 0 Å². The standard InChI is InChI=1S/C17H17NO3/c1-9(19)10-4-6-13(7-5-10)18-16(20)14-11-2-3-12(8-11)15(14)17(18)21/h4-7,11-12,14-15H,2-3,8H2,1H3/t11-,12-,14-,15-/m0/s1. The molecule has 1 saturated heterocycles. The fourth-order valence-electron chi connectivity index (χ4n) is 4.51. The van der Waals surface area contributed by atoms with Crippen LogP contribution in [0.4, 0.5) is 5.69 Å². The van der Waals surface area contributed by atoms with Gasteiger partial charge in [0.05, 0.1) is 17.5 Å². The van der Waals surface area contributed by atoms with Gasteiger partial charge in [-0.15, -0.1) is 0 Å². The van der Waals surface area contributed by atoms with Crippen molar-refractivity contribution in [1.29, 1.82) is 0 Å². The van der Waals surface area contributed by atoms with Gasteiger partial charge >= 0.3 is 0 Å². The number of amides is 2. The van der Waals surface area contributed by atoms with Gasteiger partial charge in [0, 0.05) is 5.56 Å². The van der Waals surface area contributed by atoms with Gasteiger partial charge in [-0.25, -0.2) is 0 Å². The highest BCUT2D eigenvalue weighted by Gasteiger charge is 2.61. The smallest absolute Gasteiger partial charge is 0.237 e. The molecule has 0 radical (unpaired) electrons. The largest absolute Gasteiger partial charge is 0.295 e. The van der Waals surface area contributed by atoms with Gasteiger partial charge in [-0.1, -0.05) is 0 Å². The van der Waals surface area contributed by atoms with E-state index in [4.69, 9.17) is 0 Å². The van der Waals surface area contributed by atoms with Crippen LogP contribution >= 0.6 is 0 Å². The van der Waals surface area contributed by atoms with Crippen LogP contribution in [0.25, 0.3) is 0 Å². The van der Waals surface area contributed by atoms with Crippen molar-refractivity contribution in [2.45, 2.75) is 26.2 Å². The third-order valence-corrected chi connectivity index (χ3v) is 5.46. The molecule has 2 saturated carbocycles. The number of hydrogen-bond acceptors (Lipinski definition) is 3. The average Bonchev–Trinajstić information content (AvgIpc) is 3.13. The lowest BCUT2D eigenvalue weighted by Crippen LogP contribution is -2.32. The van der Waals surface area contributed by atoms with E-state index in [2.05, 4.69) is 0 Å². The van der Waals surface area contributed by atoms with Gasteiger partial charge in [0.25, 0.3) is 0 Å². The van der Waals surface area contributed by atoms with Gasteiger partial charge in [0.2, 0.25) is 11.8 Å². The molecular formula is C17H17NO3. The second-order valence-electron chi connectivity index (χ2n) is 6.50. The lowest BCUT2D eigenvalue weighted by atomic mass is 9.81. The summed E-state index contributed by atoms with van der Waals surface area (Å²) in [5, 5.41) is 0. The molecule has 1 heterocycles. The van der Waals surface area contributed by atoms with E-state index in [9.17, 15) is 14.4 Å². The zero-order chi connectivity index (χ0) is 14.7. The Hall–Kier alpha value is -1.97. The Balaban J connectivity index is 1.68. The van der Waals surface area contributed by atoms with Gasteiger partial charge in [0.1, 0.15) is 0 Å². The maximum atomic E-state index is 12.6. The number of benzene rings is 1. The van der Waals surface area contributed by atoms with E-state index in [1.165, 1.54) is 11.8 Å². The Labute approximate surface area is 123 Å². The summed E-state index contributed by atoms with van der Waals surface area (Å²) >= 11 is 0. The minimum Gasteiger partial charge on any atom is -0.295 e. The summed E-state index contributed by atoms with van der Waals surface area (Å²) in [6.45, 7) is 1.50. The topological polar surface area (TPSA) is 54.5 Å². The van der Waals surface area contributed by atoms with Crippen LogP contribution in [0.5, 0.6) is 0 Å². The third-order valence-electron chi connectivity index (χ3n) is 5.46. The molecule has 1 aromatic carbocycles. The molecule has 0 N–H and O–H groups in total. The molecule has 4 heteroatoms. The van der Waals surface area contributed by atoms with Crippen LogP contribution in [-0.2, 0) is 9.59 Å². The summed E-state index contributed by atoms with van der Waals surface area (Å²) in [6.07, 6.45) is 3.22. The molecule has 2 aliphatic carbocycles. The Kier molecular flexibility index (Phi) is 2.59. The molecule has 1 aromatic rings. The van der Waals surface area contributed by atoms with Gasteiger partial charge < -0.3 is 0 Å². The molecular weight excluding hydrogens is 266 g/mol. The zero-order valence-electron chi connectivity index (χ0n) is 11.9. The van der Waals surface area contributed by atoms with Gasteiger partial charge in [-0.05, 0) is 62.3 Å². The first-order chi connectivity index (χ1) is 10.1. The Morgan fingerprint density at radius 1 is 1.00 bits per heavy atom. The van der Waals surface area contributed by atoms with Crippen LogP contribution in [0.3, 0.4) is 0 Å². The summed E-state index contributed by atoms with van der Waals surface area (Å²) in [4.78, 5) is 38.0. The van der Waals surface area contributed by atoms with E-state index < -0.39 is 0 Å². The molecule has 2 amide bonds. The summed E-state index contributed by atoms with van der Waals surface area (Å²) in [5.74, 6) is 0.527. The van der Waals surface area contributed by atoms with Gasteiger partial charge in [0.15, 0.2) is 5.78 Å². The Morgan fingerprint density at radius 2 is 1.52 bits per heavy atom. The van der Waals surface area contributed by atoms with Crippen molar-refractivity contribution >= 4 is 23.3 Å². The number of carbonyl (C=O) groups is 3. The number of nitrogens with zero attached hydrogens (tertiary/aromatic N) is 1. The first-order valence-corrected chi connectivity index (χ1v) is 7.56. The number of carbonyl (C=O) groups excluding carboxylic acids is 3. The SMILES string of the molecule is CC(=O)c1ccc(N2C(=O)[C@H]3[C@H]4CC[C@@H](C4)[C@@H]3C2=O)cc1. The minimum atomic E-state index is -0.0938. The molecule has 4 atom stereocenters. The van der Waals surface area contributed by atoms with Crippen LogP contribution in [0, 0.1) is 23.7 Å². The van der Waals surface area contributed by atoms with Crippen LogP contribution in [-0.4, -0.2) is 17.6 Å². The summed E-state index contributed by atoms with van der Waals surface area (Å²) in [6, 6.07) is 6.77. The molecule has 21 heavy (non-hydrogen) atoms. The lowest BCUT2D eigenvalue weighted by Gasteiger charge is -2.19. The number of Topliss-reactive ketones (excluding diaryl/α,β-unsaturated/α-hetero) is 1. The molecule has 3 aliphatic rings. The second-order valence-corrected chi connectivity index (χ2v) is 6.50. The highest BCUT2D eigenvalue weighted by molar-refractivity contribution is 6.22. The fourth-order valence-corrected chi connectivity index (χ4v) is 4.51. The van der Waals surface area contributed by atoms with Crippen LogP contribution < -0.4 is 4.90 Å². The predicted octanol–water partition coefficient (Wildman–Crippen LogP) is 2.42. The number of imide groups is 1. The highest BCUT2D eigenvalue weighted by atomic mass is 16.2. The van der Waals surface area contributed by atoms with E-state index in [1.807, 2.05) is 0 Å². The van der Waals surface area contributed by atoms with Crippen molar-refractivity contribution < 1.29 is 14.4 Å². The fraction of sp³-hybridized carbons (Fsp3) is 0.471. The monoisotopic (exact) mass is 283 g/mol. The summed E-state index contributed by atoms with van der Waals surface area (Å²) in [7, 11) is 0. The summed E-state index contributed by atoms with van der Waals surface area (Å²) in [5.41, 5.74) is 1.20. The van der Waals surface area contributed by atoms with E-state index in [1.54, 1.807) is 24.3 Å². The van der Waals surface area contributed by atoms with Crippen molar-refractivity contribution in [3.8, 4) is 0 Å². The first kappa shape index (κ1) is 12.7. The molecule has 0 aromatic heterocycles. The number of hydrogen-bond donors (Lipinski definition) is 0. The molecule has 4 rings (SSSR count). The Morgan fingerprint density at radius 3 is 2.00 bits per heavy atom. The minimum absolute atomic E-state index is 0.0180. The number of anilines is 1. The molecule has 4 nitrogen and oxygen atoms in total. The van der Waals surface area contributed by atoms with Gasteiger partial charge in [-0.2, -0.15) is 0 Å². The number of rotatable bonds is 2. The molecule has 3 fully saturated rings. The maximum absolute atomic E-state index is 12.6. The molecule has 108 valence electrons. The van der Waals surface area contributed by atoms with Crippen LogP contribution in [0.1, 0.15) is 36.5 Å². The highest BCUT2D eigenvalue weighted by Crippen LogP contribution is 2.56.